The molecule has 1 rings (SSSR count). The van der Waals surface area contributed by atoms with Crippen LogP contribution in [0.5, 0.6) is 0 Å². The van der Waals surface area contributed by atoms with Gasteiger partial charge in [-0.25, -0.2) is 0 Å². The Hall–Kier alpha value is -1.27. The van der Waals surface area contributed by atoms with E-state index in [0.717, 1.165) is 0 Å². The normalized spacial score (nSPS) is 13.0. The molecular formula is C14H17ClF3NO2. The summed E-state index contributed by atoms with van der Waals surface area (Å²) in [6, 6.07) is 3.21. The lowest BCUT2D eigenvalue weighted by molar-refractivity contribution is -0.163. The van der Waals surface area contributed by atoms with Crippen LogP contribution < -0.4 is 5.32 Å². The highest BCUT2D eigenvalue weighted by Crippen LogP contribution is 2.33. The van der Waals surface area contributed by atoms with Crippen molar-refractivity contribution in [3.63, 3.8) is 0 Å². The third kappa shape index (κ3) is 6.35. The average Bonchev–Trinajstić information content (AvgIpc) is 2.41. The molecule has 1 amide bonds. The second-order valence-electron chi connectivity index (χ2n) is 4.54. The zero-order valence-electron chi connectivity index (χ0n) is 11.5. The van der Waals surface area contributed by atoms with E-state index in [4.69, 9.17) is 16.3 Å². The Bertz CT molecular complexity index is 449. The molecule has 0 bridgehead atoms. The molecule has 1 atom stereocenters. The quantitative estimate of drug-likeness (QED) is 0.773. The lowest BCUT2D eigenvalue weighted by atomic mass is 10.1. The van der Waals surface area contributed by atoms with Crippen LogP contribution in [0.4, 0.5) is 13.2 Å². The highest BCUT2D eigenvalue weighted by atomic mass is 35.5. The first-order chi connectivity index (χ1) is 9.84. The average molecular weight is 324 g/mol. The Labute approximate surface area is 126 Å². The van der Waals surface area contributed by atoms with Gasteiger partial charge in [0, 0.05) is 25.2 Å². The largest absolute Gasteiger partial charge is 0.412 e. The Morgan fingerprint density at radius 1 is 1.29 bits per heavy atom. The van der Waals surface area contributed by atoms with E-state index in [1.165, 1.54) is 31.4 Å². The maximum absolute atomic E-state index is 13.0. The number of methoxy groups -OCH3 is 1. The van der Waals surface area contributed by atoms with Crippen molar-refractivity contribution in [3.8, 4) is 0 Å². The maximum Gasteiger partial charge on any atom is 0.412 e. The van der Waals surface area contributed by atoms with Crippen LogP contribution >= 0.6 is 11.6 Å². The summed E-state index contributed by atoms with van der Waals surface area (Å²) in [6.45, 7) is 0.479. The SMILES string of the molecule is COCCCCC(=O)NC(c1ccc(Cl)cc1)C(F)(F)F. The number of amides is 1. The van der Waals surface area contributed by atoms with Crippen LogP contribution in [0.3, 0.4) is 0 Å². The van der Waals surface area contributed by atoms with E-state index in [9.17, 15) is 18.0 Å². The van der Waals surface area contributed by atoms with E-state index >= 15 is 0 Å². The fourth-order valence-corrected chi connectivity index (χ4v) is 1.90. The number of halogens is 4. The van der Waals surface area contributed by atoms with E-state index in [1.807, 2.05) is 5.32 Å². The predicted molar refractivity (Wildman–Crippen MR) is 74.1 cm³/mol. The molecule has 1 unspecified atom stereocenters. The van der Waals surface area contributed by atoms with Crippen LogP contribution in [0.2, 0.25) is 5.02 Å². The first-order valence-electron chi connectivity index (χ1n) is 6.45. The molecule has 21 heavy (non-hydrogen) atoms. The van der Waals surface area contributed by atoms with Gasteiger partial charge in [0.15, 0.2) is 6.04 Å². The van der Waals surface area contributed by atoms with Gasteiger partial charge >= 0.3 is 6.18 Å². The number of carbonyl (C=O) groups is 1. The van der Waals surface area contributed by atoms with Crippen molar-refractivity contribution in [3.05, 3.63) is 34.9 Å². The Kier molecular flexibility index (Phi) is 6.98. The van der Waals surface area contributed by atoms with Gasteiger partial charge < -0.3 is 10.1 Å². The zero-order valence-corrected chi connectivity index (χ0v) is 12.3. The summed E-state index contributed by atoms with van der Waals surface area (Å²) < 4.78 is 43.9. The maximum atomic E-state index is 13.0. The van der Waals surface area contributed by atoms with Crippen molar-refractivity contribution in [1.29, 1.82) is 0 Å². The van der Waals surface area contributed by atoms with Crippen molar-refractivity contribution in [1.82, 2.24) is 5.32 Å². The minimum Gasteiger partial charge on any atom is -0.385 e. The molecule has 0 spiro atoms. The van der Waals surface area contributed by atoms with Gasteiger partial charge in [-0.05, 0) is 30.5 Å². The van der Waals surface area contributed by atoms with Crippen LogP contribution in [0.25, 0.3) is 0 Å². The third-order valence-corrected chi connectivity index (χ3v) is 3.09. The molecule has 1 N–H and O–H groups in total. The van der Waals surface area contributed by atoms with Gasteiger partial charge in [-0.2, -0.15) is 13.2 Å². The van der Waals surface area contributed by atoms with Crippen molar-refractivity contribution in [2.45, 2.75) is 31.5 Å². The van der Waals surface area contributed by atoms with Gasteiger partial charge in [0.25, 0.3) is 0 Å². The smallest absolute Gasteiger partial charge is 0.385 e. The molecule has 0 saturated heterocycles. The number of alkyl halides is 3. The molecule has 7 heteroatoms. The molecule has 0 radical (unpaired) electrons. The van der Waals surface area contributed by atoms with Crippen LogP contribution in [0.15, 0.2) is 24.3 Å². The van der Waals surface area contributed by atoms with Gasteiger partial charge in [0.2, 0.25) is 5.91 Å². The summed E-state index contributed by atoms with van der Waals surface area (Å²) in [5.74, 6) is -0.636. The minimum atomic E-state index is -4.56. The van der Waals surface area contributed by atoms with Crippen LogP contribution in [-0.4, -0.2) is 25.8 Å². The fraction of sp³-hybridized carbons (Fsp3) is 0.500. The molecule has 3 nitrogen and oxygen atoms in total. The molecule has 1 aromatic carbocycles. The van der Waals surface area contributed by atoms with Gasteiger partial charge in [-0.3, -0.25) is 4.79 Å². The number of nitrogens with one attached hydrogen (secondary N) is 1. The van der Waals surface area contributed by atoms with E-state index in [0.29, 0.717) is 24.5 Å². The summed E-state index contributed by atoms with van der Waals surface area (Å²) in [4.78, 5) is 11.6. The predicted octanol–water partition coefficient (Wildman–Crippen LogP) is 3.88. The van der Waals surface area contributed by atoms with E-state index < -0.39 is 18.1 Å². The molecule has 0 aliphatic rings. The summed E-state index contributed by atoms with van der Waals surface area (Å²) in [5.41, 5.74) is -0.0443. The fourth-order valence-electron chi connectivity index (χ4n) is 1.77. The standard InChI is InChI=1S/C14H17ClF3NO2/c1-21-9-3-2-4-12(20)19-13(14(16,17)18)10-5-7-11(15)8-6-10/h5-8,13H,2-4,9H2,1H3,(H,19,20). The molecule has 1 aromatic rings. The minimum absolute atomic E-state index is 0.0313. The highest BCUT2D eigenvalue weighted by molar-refractivity contribution is 6.30. The molecule has 0 fully saturated rings. The molecule has 0 aliphatic carbocycles. The molecule has 0 heterocycles. The van der Waals surface area contributed by atoms with E-state index in [2.05, 4.69) is 0 Å². The van der Waals surface area contributed by atoms with E-state index in [1.54, 1.807) is 0 Å². The second kappa shape index (κ2) is 8.24. The molecule has 118 valence electrons. The Morgan fingerprint density at radius 2 is 1.90 bits per heavy atom. The van der Waals surface area contributed by atoms with Gasteiger partial charge in [0.1, 0.15) is 0 Å². The number of rotatable bonds is 7. The Balaban J connectivity index is 2.67. The number of unbranched alkanes of at least 4 members (excludes halogenated alkanes) is 1. The van der Waals surface area contributed by atoms with Crippen molar-refractivity contribution >= 4 is 17.5 Å². The first kappa shape index (κ1) is 17.8. The number of hydrogen-bond donors (Lipinski definition) is 1. The lowest BCUT2D eigenvalue weighted by Crippen LogP contribution is -2.38. The van der Waals surface area contributed by atoms with Crippen LogP contribution in [0.1, 0.15) is 30.9 Å². The number of benzene rings is 1. The molecule has 0 aliphatic heterocycles. The van der Waals surface area contributed by atoms with Gasteiger partial charge in [0.05, 0.1) is 0 Å². The van der Waals surface area contributed by atoms with Crippen molar-refractivity contribution < 1.29 is 22.7 Å². The monoisotopic (exact) mass is 323 g/mol. The summed E-state index contributed by atoms with van der Waals surface area (Å²) >= 11 is 5.65. The van der Waals surface area contributed by atoms with Crippen molar-refractivity contribution in [2.75, 3.05) is 13.7 Å². The third-order valence-electron chi connectivity index (χ3n) is 2.84. The molecule has 0 saturated carbocycles. The topological polar surface area (TPSA) is 38.3 Å². The zero-order chi connectivity index (χ0) is 15.9. The van der Waals surface area contributed by atoms with E-state index in [-0.39, 0.29) is 12.0 Å². The number of ether oxygens (including phenoxy) is 1. The summed E-state index contributed by atoms with van der Waals surface area (Å²) in [6.07, 6.45) is -3.42. The Morgan fingerprint density at radius 3 is 2.43 bits per heavy atom. The molecule has 0 aromatic heterocycles. The van der Waals surface area contributed by atoms with Crippen LogP contribution in [-0.2, 0) is 9.53 Å². The summed E-state index contributed by atoms with van der Waals surface area (Å²) in [5, 5.41) is 2.36. The number of hydrogen-bond acceptors (Lipinski definition) is 2. The number of carbonyl (C=O) groups excluding carboxylic acids is 1. The van der Waals surface area contributed by atoms with Gasteiger partial charge in [-0.15, -0.1) is 0 Å². The van der Waals surface area contributed by atoms with Crippen molar-refractivity contribution in [2.24, 2.45) is 0 Å². The lowest BCUT2D eigenvalue weighted by Gasteiger charge is -2.22. The first-order valence-corrected chi connectivity index (χ1v) is 6.83. The van der Waals surface area contributed by atoms with Crippen LogP contribution in [0, 0.1) is 0 Å². The van der Waals surface area contributed by atoms with Gasteiger partial charge in [-0.1, -0.05) is 23.7 Å². The second-order valence-corrected chi connectivity index (χ2v) is 4.98. The molecular weight excluding hydrogens is 307 g/mol. The summed E-state index contributed by atoms with van der Waals surface area (Å²) in [7, 11) is 1.53. The highest BCUT2D eigenvalue weighted by Gasteiger charge is 2.41.